The van der Waals surface area contributed by atoms with Crippen LogP contribution in [0, 0.1) is 0 Å². The van der Waals surface area contributed by atoms with Crippen molar-refractivity contribution < 1.29 is 14.0 Å². The maximum Gasteiger partial charge on any atom is 0.271 e. The Morgan fingerprint density at radius 2 is 1.73 bits per heavy atom. The Kier molecular flexibility index (Phi) is 5.46. The van der Waals surface area contributed by atoms with Crippen molar-refractivity contribution in [2.75, 3.05) is 5.32 Å². The third kappa shape index (κ3) is 4.37. The summed E-state index contributed by atoms with van der Waals surface area (Å²) in [6.45, 7) is 0. The molecule has 0 saturated heterocycles. The van der Waals surface area contributed by atoms with Crippen LogP contribution in [0.1, 0.15) is 26.5 Å². The van der Waals surface area contributed by atoms with Gasteiger partial charge in [-0.05, 0) is 48.5 Å². The minimum atomic E-state index is -0.378. The number of amides is 2. The molecule has 7 heteroatoms. The number of rotatable bonds is 5. The molecule has 6 nitrogen and oxygen atoms in total. The summed E-state index contributed by atoms with van der Waals surface area (Å²) in [7, 11) is 0. The number of furan rings is 1. The van der Waals surface area contributed by atoms with Crippen LogP contribution in [-0.4, -0.2) is 18.0 Å². The lowest BCUT2D eigenvalue weighted by Gasteiger charge is -2.07. The van der Waals surface area contributed by atoms with Crippen LogP contribution in [-0.2, 0) is 0 Å². The Bertz CT molecular complexity index is 935. The van der Waals surface area contributed by atoms with Gasteiger partial charge < -0.3 is 9.73 Å². The van der Waals surface area contributed by atoms with Crippen molar-refractivity contribution in [1.82, 2.24) is 5.43 Å². The fourth-order valence-electron chi connectivity index (χ4n) is 2.13. The van der Waals surface area contributed by atoms with Crippen LogP contribution in [0.3, 0.4) is 0 Å². The van der Waals surface area contributed by atoms with E-state index in [-0.39, 0.29) is 11.8 Å². The quantitative estimate of drug-likeness (QED) is 0.529. The number of halogens is 1. The molecular formula is C19H14ClN3O3. The summed E-state index contributed by atoms with van der Waals surface area (Å²) in [6, 6.07) is 16.6. The first-order valence-electron chi connectivity index (χ1n) is 7.66. The van der Waals surface area contributed by atoms with E-state index in [0.717, 1.165) is 0 Å². The van der Waals surface area contributed by atoms with Gasteiger partial charge in [-0.25, -0.2) is 5.43 Å². The van der Waals surface area contributed by atoms with E-state index < -0.39 is 0 Å². The molecule has 130 valence electrons. The highest BCUT2D eigenvalue weighted by molar-refractivity contribution is 6.34. The zero-order valence-corrected chi connectivity index (χ0v) is 14.2. The maximum absolute atomic E-state index is 12.2. The standard InChI is InChI=1S/C19H14ClN3O3/c20-17-6-2-1-5-16(17)19(25)22-14-9-7-13(8-10-14)18(24)23-21-12-15-4-3-11-26-15/h1-12H,(H,22,25)(H,23,24)/b21-12-. The molecule has 0 bridgehead atoms. The molecule has 2 amide bonds. The lowest BCUT2D eigenvalue weighted by Crippen LogP contribution is -2.17. The summed E-state index contributed by atoms with van der Waals surface area (Å²) in [5.74, 6) is -0.171. The van der Waals surface area contributed by atoms with Crippen molar-refractivity contribution in [3.8, 4) is 0 Å². The second-order valence-electron chi connectivity index (χ2n) is 5.23. The number of benzene rings is 2. The highest BCUT2D eigenvalue weighted by Gasteiger charge is 2.10. The Labute approximate surface area is 154 Å². The lowest BCUT2D eigenvalue weighted by molar-refractivity contribution is 0.0954. The maximum atomic E-state index is 12.2. The van der Waals surface area contributed by atoms with Gasteiger partial charge in [0, 0.05) is 11.3 Å². The zero-order chi connectivity index (χ0) is 18.4. The molecule has 0 radical (unpaired) electrons. The molecule has 0 fully saturated rings. The Morgan fingerprint density at radius 3 is 2.42 bits per heavy atom. The predicted molar refractivity (Wildman–Crippen MR) is 99.6 cm³/mol. The molecule has 1 heterocycles. The first-order valence-corrected chi connectivity index (χ1v) is 8.04. The van der Waals surface area contributed by atoms with Crippen LogP contribution in [0.5, 0.6) is 0 Å². The Hall–Kier alpha value is -3.38. The van der Waals surface area contributed by atoms with Crippen molar-refractivity contribution in [1.29, 1.82) is 0 Å². The minimum Gasteiger partial charge on any atom is -0.463 e. The topological polar surface area (TPSA) is 83.7 Å². The van der Waals surface area contributed by atoms with Gasteiger partial charge in [0.2, 0.25) is 0 Å². The molecule has 0 aliphatic rings. The van der Waals surface area contributed by atoms with Gasteiger partial charge in [0.25, 0.3) is 11.8 Å². The first kappa shape index (κ1) is 17.4. The number of hydrogen-bond donors (Lipinski definition) is 2. The van der Waals surface area contributed by atoms with E-state index in [4.69, 9.17) is 16.0 Å². The number of hydrazone groups is 1. The van der Waals surface area contributed by atoms with Crippen LogP contribution >= 0.6 is 11.6 Å². The summed E-state index contributed by atoms with van der Waals surface area (Å²) in [5.41, 5.74) is 3.72. The van der Waals surface area contributed by atoms with E-state index in [1.807, 2.05) is 0 Å². The van der Waals surface area contributed by atoms with Crippen molar-refractivity contribution in [2.45, 2.75) is 0 Å². The number of carbonyl (C=O) groups is 2. The predicted octanol–water partition coefficient (Wildman–Crippen LogP) is 3.95. The van der Waals surface area contributed by atoms with Crippen molar-refractivity contribution in [3.05, 3.63) is 88.8 Å². The molecule has 0 aliphatic heterocycles. The van der Waals surface area contributed by atoms with E-state index in [0.29, 0.717) is 27.6 Å². The zero-order valence-electron chi connectivity index (χ0n) is 13.5. The SMILES string of the molecule is O=C(N/N=C\c1ccco1)c1ccc(NC(=O)c2ccccc2Cl)cc1. The average Bonchev–Trinajstić information content (AvgIpc) is 3.16. The van der Waals surface area contributed by atoms with Crippen LogP contribution in [0.25, 0.3) is 0 Å². The van der Waals surface area contributed by atoms with E-state index in [1.165, 1.54) is 12.5 Å². The number of carbonyl (C=O) groups excluding carboxylic acids is 2. The monoisotopic (exact) mass is 367 g/mol. The van der Waals surface area contributed by atoms with Gasteiger partial charge in [-0.15, -0.1) is 0 Å². The number of nitrogens with zero attached hydrogens (tertiary/aromatic N) is 1. The highest BCUT2D eigenvalue weighted by atomic mass is 35.5. The third-order valence-electron chi connectivity index (χ3n) is 3.42. The average molecular weight is 368 g/mol. The van der Waals surface area contributed by atoms with Crippen molar-refractivity contribution in [2.24, 2.45) is 5.10 Å². The van der Waals surface area contributed by atoms with Gasteiger partial charge >= 0.3 is 0 Å². The summed E-state index contributed by atoms with van der Waals surface area (Å²) < 4.78 is 5.07. The molecule has 0 spiro atoms. The first-order chi connectivity index (χ1) is 12.6. The summed E-state index contributed by atoms with van der Waals surface area (Å²) in [6.07, 6.45) is 2.91. The molecule has 0 atom stereocenters. The smallest absolute Gasteiger partial charge is 0.271 e. The third-order valence-corrected chi connectivity index (χ3v) is 3.75. The van der Waals surface area contributed by atoms with Crippen LogP contribution < -0.4 is 10.7 Å². The molecule has 0 unspecified atom stereocenters. The van der Waals surface area contributed by atoms with Gasteiger partial charge in [-0.3, -0.25) is 9.59 Å². The number of nitrogens with one attached hydrogen (secondary N) is 2. The van der Waals surface area contributed by atoms with Crippen molar-refractivity contribution >= 4 is 35.3 Å². The summed E-state index contributed by atoms with van der Waals surface area (Å²) >= 11 is 6.00. The Balaban J connectivity index is 1.60. The van der Waals surface area contributed by atoms with Gasteiger partial charge in [0.1, 0.15) is 5.76 Å². The molecule has 26 heavy (non-hydrogen) atoms. The van der Waals surface area contributed by atoms with Gasteiger partial charge in [-0.2, -0.15) is 5.10 Å². The molecule has 2 aromatic carbocycles. The minimum absolute atomic E-state index is 0.323. The van der Waals surface area contributed by atoms with Crippen LogP contribution in [0.2, 0.25) is 5.02 Å². The number of anilines is 1. The summed E-state index contributed by atoms with van der Waals surface area (Å²) in [4.78, 5) is 24.2. The molecule has 2 N–H and O–H groups in total. The fraction of sp³-hybridized carbons (Fsp3) is 0. The highest BCUT2D eigenvalue weighted by Crippen LogP contribution is 2.17. The normalized spacial score (nSPS) is 10.7. The Morgan fingerprint density at radius 1 is 0.962 bits per heavy atom. The second kappa shape index (κ2) is 8.13. The van der Waals surface area contributed by atoms with Crippen LogP contribution in [0.15, 0.2) is 76.4 Å². The van der Waals surface area contributed by atoms with E-state index in [1.54, 1.807) is 60.7 Å². The van der Waals surface area contributed by atoms with E-state index in [2.05, 4.69) is 15.8 Å². The van der Waals surface area contributed by atoms with Gasteiger partial charge in [-0.1, -0.05) is 23.7 Å². The fourth-order valence-corrected chi connectivity index (χ4v) is 2.35. The molecule has 0 aliphatic carbocycles. The molecular weight excluding hydrogens is 354 g/mol. The van der Waals surface area contributed by atoms with Gasteiger partial charge in [0.15, 0.2) is 0 Å². The molecule has 3 aromatic rings. The van der Waals surface area contributed by atoms with Gasteiger partial charge in [0.05, 0.1) is 23.1 Å². The molecule has 0 saturated carbocycles. The summed E-state index contributed by atoms with van der Waals surface area (Å²) in [5, 5.41) is 6.91. The molecule has 3 rings (SSSR count). The largest absolute Gasteiger partial charge is 0.463 e. The van der Waals surface area contributed by atoms with E-state index >= 15 is 0 Å². The van der Waals surface area contributed by atoms with E-state index in [9.17, 15) is 9.59 Å². The van der Waals surface area contributed by atoms with Crippen LogP contribution in [0.4, 0.5) is 5.69 Å². The second-order valence-corrected chi connectivity index (χ2v) is 5.63. The number of hydrogen-bond acceptors (Lipinski definition) is 4. The van der Waals surface area contributed by atoms with Crippen molar-refractivity contribution in [3.63, 3.8) is 0 Å². The lowest BCUT2D eigenvalue weighted by atomic mass is 10.1. The molecule has 1 aromatic heterocycles.